The van der Waals surface area contributed by atoms with E-state index in [0.717, 1.165) is 24.9 Å². The van der Waals surface area contributed by atoms with Gasteiger partial charge in [-0.15, -0.1) is 0 Å². The molecule has 0 spiro atoms. The summed E-state index contributed by atoms with van der Waals surface area (Å²) in [5.41, 5.74) is 1.02. The molecule has 1 heterocycles. The first kappa shape index (κ1) is 12.4. The van der Waals surface area contributed by atoms with E-state index in [4.69, 9.17) is 4.74 Å². The van der Waals surface area contributed by atoms with Crippen LogP contribution in [0, 0.1) is 0 Å². The topological polar surface area (TPSA) is 29.5 Å². The van der Waals surface area contributed by atoms with Crippen molar-refractivity contribution in [3.8, 4) is 0 Å². The van der Waals surface area contributed by atoms with Crippen molar-refractivity contribution in [2.45, 2.75) is 30.8 Å². The molecule has 1 aromatic rings. The number of hydrogen-bond donors (Lipinski definition) is 0. The number of rotatable bonds is 2. The van der Waals surface area contributed by atoms with Crippen molar-refractivity contribution < 1.29 is 9.53 Å². The van der Waals surface area contributed by atoms with E-state index in [1.165, 1.54) is 6.42 Å². The molecule has 1 aliphatic rings. The molecule has 0 saturated carbocycles. The second-order valence-corrected chi connectivity index (χ2v) is 5.22. The predicted molar refractivity (Wildman–Crippen MR) is 69.9 cm³/mol. The number of carbonyl (C=O) groups excluding carboxylic acids is 1. The summed E-state index contributed by atoms with van der Waals surface area (Å²) in [6, 6.07) is 9.74. The Balaban J connectivity index is 1.84. The van der Waals surface area contributed by atoms with Crippen molar-refractivity contribution in [3.63, 3.8) is 0 Å². The third-order valence-corrected chi connectivity index (χ3v) is 3.82. The molecule has 1 atom stereocenters. The zero-order valence-corrected chi connectivity index (χ0v) is 11.2. The van der Waals surface area contributed by atoms with E-state index in [-0.39, 0.29) is 11.0 Å². The highest BCUT2D eigenvalue weighted by molar-refractivity contribution is 9.09. The summed E-state index contributed by atoms with van der Waals surface area (Å²) in [6.45, 7) is 1.12. The molecule has 17 heavy (non-hydrogen) atoms. The quantitative estimate of drug-likeness (QED) is 0.617. The van der Waals surface area contributed by atoms with Gasteiger partial charge in [-0.05, 0) is 24.8 Å². The highest BCUT2D eigenvalue weighted by Gasteiger charge is 2.25. The number of benzene rings is 1. The number of likely N-dealkylation sites (tertiary alicyclic amines) is 1. The molecule has 0 N–H and O–H groups in total. The van der Waals surface area contributed by atoms with Crippen LogP contribution < -0.4 is 0 Å². The Hall–Kier alpha value is -1.03. The molecule has 0 radical (unpaired) electrons. The van der Waals surface area contributed by atoms with Crippen molar-refractivity contribution in [2.24, 2.45) is 0 Å². The van der Waals surface area contributed by atoms with Gasteiger partial charge in [-0.1, -0.05) is 46.3 Å². The SMILES string of the molecule is O=C(OCc1ccccc1)N1CCCCC1Br. The molecule has 4 heteroatoms. The summed E-state index contributed by atoms with van der Waals surface area (Å²) in [4.78, 5) is 13.7. The highest BCUT2D eigenvalue weighted by Crippen LogP contribution is 2.22. The molecule has 3 nitrogen and oxygen atoms in total. The van der Waals surface area contributed by atoms with E-state index < -0.39 is 0 Å². The molecular weight excluding hydrogens is 282 g/mol. The van der Waals surface area contributed by atoms with E-state index >= 15 is 0 Å². The molecule has 92 valence electrons. The van der Waals surface area contributed by atoms with Gasteiger partial charge in [0.15, 0.2) is 0 Å². The summed E-state index contributed by atoms with van der Waals surface area (Å²) in [5.74, 6) is 0. The van der Waals surface area contributed by atoms with Crippen LogP contribution in [0.1, 0.15) is 24.8 Å². The first-order valence-corrected chi connectivity index (χ1v) is 6.80. The Bertz CT molecular complexity index is 369. The molecule has 1 amide bonds. The van der Waals surface area contributed by atoms with Crippen LogP contribution in [-0.4, -0.2) is 22.5 Å². The lowest BCUT2D eigenvalue weighted by Crippen LogP contribution is -2.40. The molecule has 1 aliphatic heterocycles. The number of hydrogen-bond acceptors (Lipinski definition) is 2. The number of alkyl halides is 1. The first-order chi connectivity index (χ1) is 8.27. The van der Waals surface area contributed by atoms with Gasteiger partial charge < -0.3 is 4.74 Å². The smallest absolute Gasteiger partial charge is 0.411 e. The molecule has 1 unspecified atom stereocenters. The van der Waals surface area contributed by atoms with E-state index in [2.05, 4.69) is 15.9 Å². The van der Waals surface area contributed by atoms with Crippen molar-refractivity contribution >= 4 is 22.0 Å². The lowest BCUT2D eigenvalue weighted by Gasteiger charge is -2.31. The van der Waals surface area contributed by atoms with Crippen LogP contribution in [0.2, 0.25) is 0 Å². The van der Waals surface area contributed by atoms with Crippen molar-refractivity contribution in [1.29, 1.82) is 0 Å². The lowest BCUT2D eigenvalue weighted by atomic mass is 10.1. The molecule has 0 aliphatic carbocycles. The van der Waals surface area contributed by atoms with Crippen LogP contribution in [0.15, 0.2) is 30.3 Å². The Kier molecular flexibility index (Phi) is 4.42. The van der Waals surface area contributed by atoms with E-state index in [1.54, 1.807) is 4.90 Å². The van der Waals surface area contributed by atoms with Crippen LogP contribution in [0.25, 0.3) is 0 Å². The molecule has 0 aromatic heterocycles. The molecule has 1 aromatic carbocycles. The van der Waals surface area contributed by atoms with Gasteiger partial charge in [0.25, 0.3) is 0 Å². The predicted octanol–water partition coefficient (Wildman–Crippen LogP) is 3.53. The number of ether oxygens (including phenoxy) is 1. The fourth-order valence-electron chi connectivity index (χ4n) is 1.90. The van der Waals surface area contributed by atoms with E-state index in [9.17, 15) is 4.79 Å². The number of piperidine rings is 1. The van der Waals surface area contributed by atoms with Crippen LogP contribution >= 0.6 is 15.9 Å². The third kappa shape index (κ3) is 3.46. The lowest BCUT2D eigenvalue weighted by molar-refractivity contribution is 0.0852. The average molecular weight is 298 g/mol. The number of carbonyl (C=O) groups is 1. The van der Waals surface area contributed by atoms with Gasteiger partial charge in [-0.25, -0.2) is 4.79 Å². The second kappa shape index (κ2) is 6.05. The van der Waals surface area contributed by atoms with Gasteiger partial charge in [-0.3, -0.25) is 4.90 Å². The van der Waals surface area contributed by atoms with Crippen LogP contribution in [0.4, 0.5) is 4.79 Å². The van der Waals surface area contributed by atoms with Crippen LogP contribution in [0.5, 0.6) is 0 Å². The van der Waals surface area contributed by atoms with Crippen molar-refractivity contribution in [2.75, 3.05) is 6.54 Å². The van der Waals surface area contributed by atoms with Crippen molar-refractivity contribution in [1.82, 2.24) is 4.90 Å². The van der Waals surface area contributed by atoms with Gasteiger partial charge in [0.05, 0.1) is 4.95 Å². The van der Waals surface area contributed by atoms with Gasteiger partial charge in [0.1, 0.15) is 6.61 Å². The molecular formula is C13H16BrNO2. The zero-order chi connectivity index (χ0) is 12.1. The summed E-state index contributed by atoms with van der Waals surface area (Å²) < 4.78 is 5.29. The van der Waals surface area contributed by atoms with Gasteiger partial charge >= 0.3 is 6.09 Å². The highest BCUT2D eigenvalue weighted by atomic mass is 79.9. The van der Waals surface area contributed by atoms with Gasteiger partial charge in [-0.2, -0.15) is 0 Å². The zero-order valence-electron chi connectivity index (χ0n) is 9.64. The number of amides is 1. The van der Waals surface area contributed by atoms with Crippen LogP contribution in [-0.2, 0) is 11.3 Å². The summed E-state index contributed by atoms with van der Waals surface area (Å²) in [7, 11) is 0. The Labute approximate surface area is 110 Å². The summed E-state index contributed by atoms with van der Waals surface area (Å²) in [6.07, 6.45) is 3.00. The minimum atomic E-state index is -0.226. The number of halogens is 1. The van der Waals surface area contributed by atoms with Crippen molar-refractivity contribution in [3.05, 3.63) is 35.9 Å². The number of nitrogens with zero attached hydrogens (tertiary/aromatic N) is 1. The fourth-order valence-corrected chi connectivity index (χ4v) is 2.59. The third-order valence-electron chi connectivity index (χ3n) is 2.87. The fraction of sp³-hybridized carbons (Fsp3) is 0.462. The Morgan fingerprint density at radius 2 is 2.12 bits per heavy atom. The summed E-state index contributed by atoms with van der Waals surface area (Å²) >= 11 is 3.51. The van der Waals surface area contributed by atoms with Crippen LogP contribution in [0.3, 0.4) is 0 Å². The second-order valence-electron chi connectivity index (χ2n) is 4.16. The Morgan fingerprint density at radius 3 is 2.82 bits per heavy atom. The average Bonchev–Trinajstić information content (AvgIpc) is 2.38. The maximum Gasteiger partial charge on any atom is 0.411 e. The molecule has 1 fully saturated rings. The van der Waals surface area contributed by atoms with E-state index in [1.807, 2.05) is 30.3 Å². The first-order valence-electron chi connectivity index (χ1n) is 5.89. The largest absolute Gasteiger partial charge is 0.445 e. The maximum absolute atomic E-state index is 11.9. The normalized spacial score (nSPS) is 20.1. The summed E-state index contributed by atoms with van der Waals surface area (Å²) in [5, 5.41) is 0. The monoisotopic (exact) mass is 297 g/mol. The van der Waals surface area contributed by atoms with Gasteiger partial charge in [0.2, 0.25) is 0 Å². The molecule has 1 saturated heterocycles. The minimum absolute atomic E-state index is 0.125. The maximum atomic E-state index is 11.9. The molecule has 2 rings (SSSR count). The minimum Gasteiger partial charge on any atom is -0.445 e. The Morgan fingerprint density at radius 1 is 1.35 bits per heavy atom. The standard InChI is InChI=1S/C13H16BrNO2/c14-12-8-4-5-9-15(12)13(16)17-10-11-6-2-1-3-7-11/h1-3,6-7,12H,4-5,8-10H2. The van der Waals surface area contributed by atoms with Gasteiger partial charge in [0, 0.05) is 6.54 Å². The molecule has 0 bridgehead atoms. The van der Waals surface area contributed by atoms with E-state index in [0.29, 0.717) is 6.61 Å².